The second-order valence-corrected chi connectivity index (χ2v) is 5.53. The summed E-state index contributed by atoms with van der Waals surface area (Å²) in [5.41, 5.74) is 7.84. The molecular formula is C17H17N3O5. The molecular weight excluding hydrogens is 326 g/mol. The molecule has 2 rings (SSSR count). The number of amides is 1. The minimum atomic E-state index is -0.831. The van der Waals surface area contributed by atoms with Gasteiger partial charge in [-0.25, -0.2) is 4.79 Å². The number of nitro benzene ring substituents is 1. The number of ether oxygens (including phenoxy) is 1. The number of nitrogens with zero attached hydrogens (tertiary/aromatic N) is 1. The fourth-order valence-corrected chi connectivity index (χ4v) is 2.30. The molecule has 0 aliphatic carbocycles. The van der Waals surface area contributed by atoms with Crippen molar-refractivity contribution in [3.05, 3.63) is 63.2 Å². The molecule has 0 saturated heterocycles. The van der Waals surface area contributed by atoms with Crippen LogP contribution in [0.5, 0.6) is 0 Å². The van der Waals surface area contributed by atoms with Gasteiger partial charge in [-0.1, -0.05) is 6.07 Å². The number of carbonyl (C=O) groups excluding carboxylic acids is 2. The van der Waals surface area contributed by atoms with Crippen LogP contribution >= 0.6 is 0 Å². The molecule has 0 aromatic heterocycles. The molecule has 0 fully saturated rings. The molecule has 2 aromatic carbocycles. The molecule has 130 valence electrons. The number of nitro groups is 1. The number of non-ortho nitro benzene ring substituents is 1. The van der Waals surface area contributed by atoms with E-state index >= 15 is 0 Å². The highest BCUT2D eigenvalue weighted by molar-refractivity contribution is 5.98. The Morgan fingerprint density at radius 3 is 2.36 bits per heavy atom. The summed E-state index contributed by atoms with van der Waals surface area (Å²) in [7, 11) is 0. The van der Waals surface area contributed by atoms with Gasteiger partial charge in [-0.05, 0) is 43.2 Å². The van der Waals surface area contributed by atoms with Crippen molar-refractivity contribution in [2.75, 3.05) is 17.7 Å². The molecule has 3 N–H and O–H groups in total. The normalized spacial score (nSPS) is 10.2. The summed E-state index contributed by atoms with van der Waals surface area (Å²) >= 11 is 0. The van der Waals surface area contributed by atoms with Gasteiger partial charge in [0.1, 0.15) is 0 Å². The van der Waals surface area contributed by atoms with Crippen molar-refractivity contribution in [1.82, 2.24) is 0 Å². The number of aryl methyl sites for hydroxylation is 2. The van der Waals surface area contributed by atoms with Crippen LogP contribution < -0.4 is 11.1 Å². The number of hydrogen-bond donors (Lipinski definition) is 2. The molecule has 0 aliphatic heterocycles. The zero-order valence-electron chi connectivity index (χ0n) is 13.7. The lowest BCUT2D eigenvalue weighted by molar-refractivity contribution is -0.384. The van der Waals surface area contributed by atoms with Gasteiger partial charge in [-0.15, -0.1) is 0 Å². The standard InChI is InChI=1S/C17H17N3O5/c1-10-5-11(2)7-12(6-10)19-16(21)9-25-17(22)14-4-3-13(20(23)24)8-15(14)18/h3-8H,9,18H2,1-2H3,(H,19,21). The summed E-state index contributed by atoms with van der Waals surface area (Å²) in [6.45, 7) is 3.31. The van der Waals surface area contributed by atoms with E-state index in [0.717, 1.165) is 23.3 Å². The number of rotatable bonds is 5. The summed E-state index contributed by atoms with van der Waals surface area (Å²) < 4.78 is 4.90. The average Bonchev–Trinajstić information content (AvgIpc) is 2.51. The second kappa shape index (κ2) is 7.43. The van der Waals surface area contributed by atoms with Gasteiger partial charge in [0, 0.05) is 17.8 Å². The lowest BCUT2D eigenvalue weighted by Gasteiger charge is -2.09. The van der Waals surface area contributed by atoms with Crippen LogP contribution in [-0.2, 0) is 9.53 Å². The number of nitrogen functional groups attached to an aromatic ring is 1. The van der Waals surface area contributed by atoms with E-state index in [1.54, 1.807) is 12.1 Å². The van der Waals surface area contributed by atoms with Crippen LogP contribution in [0.15, 0.2) is 36.4 Å². The highest BCUT2D eigenvalue weighted by Gasteiger charge is 2.16. The Morgan fingerprint density at radius 2 is 1.80 bits per heavy atom. The highest BCUT2D eigenvalue weighted by atomic mass is 16.6. The third kappa shape index (κ3) is 4.77. The first-order chi connectivity index (χ1) is 11.8. The lowest BCUT2D eigenvalue weighted by atomic mass is 10.1. The van der Waals surface area contributed by atoms with E-state index in [1.165, 1.54) is 6.07 Å². The third-order valence-corrected chi connectivity index (χ3v) is 3.31. The smallest absolute Gasteiger partial charge is 0.340 e. The summed E-state index contributed by atoms with van der Waals surface area (Å²) in [5.74, 6) is -1.33. The number of carbonyl (C=O) groups is 2. The maximum Gasteiger partial charge on any atom is 0.340 e. The van der Waals surface area contributed by atoms with Crippen molar-refractivity contribution in [1.29, 1.82) is 0 Å². The topological polar surface area (TPSA) is 125 Å². The maximum atomic E-state index is 12.0. The number of benzene rings is 2. The molecule has 0 spiro atoms. The van der Waals surface area contributed by atoms with Crippen molar-refractivity contribution in [2.24, 2.45) is 0 Å². The lowest BCUT2D eigenvalue weighted by Crippen LogP contribution is -2.21. The Bertz CT molecular complexity index is 828. The monoisotopic (exact) mass is 343 g/mol. The summed E-state index contributed by atoms with van der Waals surface area (Å²) in [6, 6.07) is 8.95. The van der Waals surface area contributed by atoms with E-state index in [-0.39, 0.29) is 16.9 Å². The molecule has 0 unspecified atom stereocenters. The molecule has 0 bridgehead atoms. The van der Waals surface area contributed by atoms with Crippen molar-refractivity contribution in [2.45, 2.75) is 13.8 Å². The molecule has 0 saturated carbocycles. The quantitative estimate of drug-likeness (QED) is 0.372. The Hall–Kier alpha value is -3.42. The van der Waals surface area contributed by atoms with E-state index in [4.69, 9.17) is 10.5 Å². The molecule has 0 aliphatic rings. The fourth-order valence-electron chi connectivity index (χ4n) is 2.30. The third-order valence-electron chi connectivity index (χ3n) is 3.31. The van der Waals surface area contributed by atoms with Crippen LogP contribution in [0.3, 0.4) is 0 Å². The van der Waals surface area contributed by atoms with Crippen LogP contribution in [0.4, 0.5) is 17.1 Å². The number of nitrogens with two attached hydrogens (primary N) is 1. The van der Waals surface area contributed by atoms with Crippen LogP contribution in [0.25, 0.3) is 0 Å². The van der Waals surface area contributed by atoms with Crippen molar-refractivity contribution >= 4 is 28.9 Å². The number of nitrogens with one attached hydrogen (secondary N) is 1. The maximum absolute atomic E-state index is 12.0. The highest BCUT2D eigenvalue weighted by Crippen LogP contribution is 2.20. The number of hydrogen-bond acceptors (Lipinski definition) is 6. The molecule has 0 heterocycles. The Kier molecular flexibility index (Phi) is 5.33. The molecule has 2 aromatic rings. The summed E-state index contributed by atoms with van der Waals surface area (Å²) in [6.07, 6.45) is 0. The van der Waals surface area contributed by atoms with E-state index < -0.39 is 23.4 Å². The van der Waals surface area contributed by atoms with Gasteiger partial charge in [0.25, 0.3) is 11.6 Å². The van der Waals surface area contributed by atoms with Gasteiger partial charge in [-0.2, -0.15) is 0 Å². The zero-order chi connectivity index (χ0) is 18.6. The number of anilines is 2. The van der Waals surface area contributed by atoms with Crippen LogP contribution in [-0.4, -0.2) is 23.4 Å². The first-order valence-corrected chi connectivity index (χ1v) is 7.35. The van der Waals surface area contributed by atoms with Crippen molar-refractivity contribution in [3.63, 3.8) is 0 Å². The Balaban J connectivity index is 1.97. The van der Waals surface area contributed by atoms with E-state index in [0.29, 0.717) is 5.69 Å². The van der Waals surface area contributed by atoms with Crippen LogP contribution in [0, 0.1) is 24.0 Å². The van der Waals surface area contributed by atoms with Crippen LogP contribution in [0.2, 0.25) is 0 Å². The second-order valence-electron chi connectivity index (χ2n) is 5.53. The first kappa shape index (κ1) is 17.9. The number of esters is 1. The predicted molar refractivity (Wildman–Crippen MR) is 92.3 cm³/mol. The van der Waals surface area contributed by atoms with Crippen LogP contribution in [0.1, 0.15) is 21.5 Å². The fraction of sp³-hybridized carbons (Fsp3) is 0.176. The van der Waals surface area contributed by atoms with Gasteiger partial charge in [0.2, 0.25) is 0 Å². The molecule has 0 radical (unpaired) electrons. The van der Waals surface area contributed by atoms with Gasteiger partial charge in [-0.3, -0.25) is 14.9 Å². The van der Waals surface area contributed by atoms with Crippen molar-refractivity contribution in [3.8, 4) is 0 Å². The van der Waals surface area contributed by atoms with E-state index in [1.807, 2.05) is 19.9 Å². The Morgan fingerprint density at radius 1 is 1.16 bits per heavy atom. The van der Waals surface area contributed by atoms with Gasteiger partial charge >= 0.3 is 5.97 Å². The molecule has 8 heteroatoms. The van der Waals surface area contributed by atoms with Gasteiger partial charge in [0.15, 0.2) is 6.61 Å². The van der Waals surface area contributed by atoms with Gasteiger partial charge in [0.05, 0.1) is 16.2 Å². The Labute approximate surface area is 143 Å². The molecule has 8 nitrogen and oxygen atoms in total. The minimum absolute atomic E-state index is 0.0372. The van der Waals surface area contributed by atoms with Gasteiger partial charge < -0.3 is 15.8 Å². The molecule has 25 heavy (non-hydrogen) atoms. The minimum Gasteiger partial charge on any atom is -0.452 e. The van der Waals surface area contributed by atoms with E-state index in [2.05, 4.69) is 5.32 Å². The molecule has 1 amide bonds. The van der Waals surface area contributed by atoms with E-state index in [9.17, 15) is 19.7 Å². The van der Waals surface area contributed by atoms with Crippen molar-refractivity contribution < 1.29 is 19.2 Å². The summed E-state index contributed by atoms with van der Waals surface area (Å²) in [4.78, 5) is 33.9. The molecule has 0 atom stereocenters. The predicted octanol–water partition coefficient (Wildman–Crippen LogP) is 2.59. The SMILES string of the molecule is Cc1cc(C)cc(NC(=O)COC(=O)c2ccc([N+](=O)[O-])cc2N)c1. The zero-order valence-corrected chi connectivity index (χ0v) is 13.7. The first-order valence-electron chi connectivity index (χ1n) is 7.35. The largest absolute Gasteiger partial charge is 0.452 e. The summed E-state index contributed by atoms with van der Waals surface area (Å²) in [5, 5.41) is 13.3. The average molecular weight is 343 g/mol.